The average molecular weight is 170 g/mol. The predicted octanol–water partition coefficient (Wildman–Crippen LogP) is 1.46. The third-order valence-electron chi connectivity index (χ3n) is 2.90. The molecule has 0 saturated carbocycles. The molecule has 0 aromatic rings. The molecule has 1 atom stereocenters. The van der Waals surface area contributed by atoms with Gasteiger partial charge in [-0.25, -0.2) is 0 Å². The topological polar surface area (TPSA) is 29.3 Å². The molecule has 0 aromatic carbocycles. The minimum atomic E-state index is 0.471. The maximum absolute atomic E-state index is 5.83. The molecule has 72 valence electrons. The summed E-state index contributed by atoms with van der Waals surface area (Å²) in [6, 6.07) is 0.471. The van der Waals surface area contributed by atoms with Gasteiger partial charge >= 0.3 is 0 Å². The monoisotopic (exact) mass is 170 g/mol. The fourth-order valence-electron chi connectivity index (χ4n) is 1.71. The van der Waals surface area contributed by atoms with Crippen LogP contribution in [0.5, 0.6) is 0 Å². The maximum atomic E-state index is 5.83. The maximum Gasteiger partial charge on any atom is 0.00631 e. The molecule has 12 heavy (non-hydrogen) atoms. The van der Waals surface area contributed by atoms with E-state index in [2.05, 4.69) is 18.7 Å². The van der Waals surface area contributed by atoms with Gasteiger partial charge in [0.1, 0.15) is 0 Å². The Hall–Kier alpha value is -0.0800. The van der Waals surface area contributed by atoms with Crippen LogP contribution in [0, 0.1) is 5.92 Å². The normalized spacial score (nSPS) is 24.2. The molecule has 2 N–H and O–H groups in total. The Bertz CT molecular complexity index is 117. The number of nitrogens with zero attached hydrogens (tertiary/aromatic N) is 1. The van der Waals surface area contributed by atoms with E-state index in [0.29, 0.717) is 6.04 Å². The van der Waals surface area contributed by atoms with Crippen molar-refractivity contribution < 1.29 is 0 Å². The second-order valence-electron chi connectivity index (χ2n) is 4.15. The summed E-state index contributed by atoms with van der Waals surface area (Å²) in [5.41, 5.74) is 5.83. The van der Waals surface area contributed by atoms with E-state index in [4.69, 9.17) is 5.73 Å². The fraction of sp³-hybridized carbons (Fsp3) is 1.00. The van der Waals surface area contributed by atoms with Gasteiger partial charge in [-0.1, -0.05) is 20.3 Å². The van der Waals surface area contributed by atoms with Gasteiger partial charge in [0.05, 0.1) is 0 Å². The molecule has 1 unspecified atom stereocenters. The van der Waals surface area contributed by atoms with Gasteiger partial charge < -0.3 is 10.6 Å². The lowest BCUT2D eigenvalue weighted by Crippen LogP contribution is -2.41. The zero-order valence-electron chi connectivity index (χ0n) is 8.42. The Balaban J connectivity index is 2.17. The molecule has 0 amide bonds. The molecule has 1 rings (SSSR count). The molecule has 1 saturated heterocycles. The van der Waals surface area contributed by atoms with Crippen molar-refractivity contribution in [1.29, 1.82) is 0 Å². The van der Waals surface area contributed by atoms with E-state index in [9.17, 15) is 0 Å². The minimum absolute atomic E-state index is 0.471. The summed E-state index contributed by atoms with van der Waals surface area (Å²) in [7, 11) is 0. The molecule has 0 aliphatic carbocycles. The van der Waals surface area contributed by atoms with Crippen LogP contribution in [0.1, 0.15) is 33.1 Å². The molecular formula is C10H22N2. The Morgan fingerprint density at radius 3 is 2.50 bits per heavy atom. The van der Waals surface area contributed by atoms with Crippen LogP contribution in [0.2, 0.25) is 0 Å². The lowest BCUT2D eigenvalue weighted by Gasteiger charge is -2.31. The second-order valence-corrected chi connectivity index (χ2v) is 4.15. The Kier molecular flexibility index (Phi) is 4.02. The summed E-state index contributed by atoms with van der Waals surface area (Å²) >= 11 is 0. The van der Waals surface area contributed by atoms with E-state index in [1.54, 1.807) is 0 Å². The van der Waals surface area contributed by atoms with E-state index in [0.717, 1.165) is 5.92 Å². The van der Waals surface area contributed by atoms with E-state index >= 15 is 0 Å². The van der Waals surface area contributed by atoms with Crippen molar-refractivity contribution in [1.82, 2.24) is 4.90 Å². The zero-order valence-corrected chi connectivity index (χ0v) is 8.42. The molecule has 0 aromatic heterocycles. The van der Waals surface area contributed by atoms with Gasteiger partial charge in [-0.15, -0.1) is 0 Å². The summed E-state index contributed by atoms with van der Waals surface area (Å²) in [5.74, 6) is 0.847. The summed E-state index contributed by atoms with van der Waals surface area (Å²) in [4.78, 5) is 2.55. The molecule has 0 spiro atoms. The zero-order chi connectivity index (χ0) is 8.97. The molecule has 1 aliphatic heterocycles. The fourth-order valence-corrected chi connectivity index (χ4v) is 1.71. The highest BCUT2D eigenvalue weighted by Crippen LogP contribution is 2.11. The highest BCUT2D eigenvalue weighted by Gasteiger charge is 2.16. The Labute approximate surface area is 76.1 Å². The van der Waals surface area contributed by atoms with Crippen molar-refractivity contribution in [2.75, 3.05) is 19.6 Å². The lowest BCUT2D eigenvalue weighted by molar-refractivity contribution is 0.186. The number of rotatable bonds is 3. The van der Waals surface area contributed by atoms with Gasteiger partial charge in [0, 0.05) is 12.6 Å². The number of nitrogens with two attached hydrogens (primary N) is 1. The number of hydrogen-bond acceptors (Lipinski definition) is 2. The van der Waals surface area contributed by atoms with Crippen LogP contribution in [-0.2, 0) is 0 Å². The van der Waals surface area contributed by atoms with Gasteiger partial charge in [0.2, 0.25) is 0 Å². The molecule has 1 aliphatic rings. The van der Waals surface area contributed by atoms with Gasteiger partial charge in [-0.3, -0.25) is 0 Å². The smallest absolute Gasteiger partial charge is 0.00631 e. The Morgan fingerprint density at radius 2 is 2.00 bits per heavy atom. The summed E-state index contributed by atoms with van der Waals surface area (Å²) in [5, 5.41) is 0. The van der Waals surface area contributed by atoms with Crippen LogP contribution in [0.4, 0.5) is 0 Å². The van der Waals surface area contributed by atoms with Crippen LogP contribution in [0.25, 0.3) is 0 Å². The first-order chi connectivity index (χ1) is 5.72. The number of hydrogen-bond donors (Lipinski definition) is 1. The SMILES string of the molecule is CCC(C)CN1CCC(N)CC1. The van der Waals surface area contributed by atoms with Crippen molar-refractivity contribution in [3.63, 3.8) is 0 Å². The highest BCUT2D eigenvalue weighted by atomic mass is 15.1. The molecule has 0 bridgehead atoms. The van der Waals surface area contributed by atoms with Crippen molar-refractivity contribution in [2.24, 2.45) is 11.7 Å². The molecule has 2 heteroatoms. The first-order valence-electron chi connectivity index (χ1n) is 5.20. The number of likely N-dealkylation sites (tertiary alicyclic amines) is 1. The molecule has 2 nitrogen and oxygen atoms in total. The van der Waals surface area contributed by atoms with Gasteiger partial charge in [0.15, 0.2) is 0 Å². The van der Waals surface area contributed by atoms with Crippen LogP contribution in [0.3, 0.4) is 0 Å². The molecular weight excluding hydrogens is 148 g/mol. The lowest BCUT2D eigenvalue weighted by atomic mass is 10.0. The standard InChI is InChI=1S/C10H22N2/c1-3-9(2)8-12-6-4-10(11)5-7-12/h9-10H,3-8,11H2,1-2H3. The van der Waals surface area contributed by atoms with Gasteiger partial charge in [0.25, 0.3) is 0 Å². The minimum Gasteiger partial charge on any atom is -0.328 e. The van der Waals surface area contributed by atoms with Crippen LogP contribution in [0.15, 0.2) is 0 Å². The van der Waals surface area contributed by atoms with Crippen molar-refractivity contribution in [2.45, 2.75) is 39.2 Å². The quantitative estimate of drug-likeness (QED) is 0.694. The van der Waals surface area contributed by atoms with Crippen molar-refractivity contribution in [3.05, 3.63) is 0 Å². The third kappa shape index (κ3) is 3.11. The van der Waals surface area contributed by atoms with Crippen LogP contribution < -0.4 is 5.73 Å². The third-order valence-corrected chi connectivity index (χ3v) is 2.90. The Morgan fingerprint density at radius 1 is 1.42 bits per heavy atom. The van der Waals surface area contributed by atoms with Gasteiger partial charge in [-0.2, -0.15) is 0 Å². The molecule has 0 radical (unpaired) electrons. The van der Waals surface area contributed by atoms with Crippen LogP contribution >= 0.6 is 0 Å². The predicted molar refractivity (Wildman–Crippen MR) is 53.1 cm³/mol. The summed E-state index contributed by atoms with van der Waals surface area (Å²) in [6.45, 7) is 8.29. The summed E-state index contributed by atoms with van der Waals surface area (Å²) < 4.78 is 0. The molecule has 1 fully saturated rings. The van der Waals surface area contributed by atoms with Crippen LogP contribution in [-0.4, -0.2) is 30.6 Å². The largest absolute Gasteiger partial charge is 0.328 e. The van der Waals surface area contributed by atoms with E-state index in [1.807, 2.05) is 0 Å². The average Bonchev–Trinajstić information content (AvgIpc) is 2.09. The first kappa shape index (κ1) is 10.0. The van der Waals surface area contributed by atoms with Crippen molar-refractivity contribution >= 4 is 0 Å². The molecule has 1 heterocycles. The number of piperidine rings is 1. The van der Waals surface area contributed by atoms with E-state index in [1.165, 1.54) is 38.9 Å². The van der Waals surface area contributed by atoms with E-state index in [-0.39, 0.29) is 0 Å². The second kappa shape index (κ2) is 4.83. The van der Waals surface area contributed by atoms with E-state index < -0.39 is 0 Å². The highest BCUT2D eigenvalue weighted by molar-refractivity contribution is 4.74. The first-order valence-corrected chi connectivity index (χ1v) is 5.20. The summed E-state index contributed by atoms with van der Waals surface area (Å²) in [6.07, 6.45) is 3.68. The van der Waals surface area contributed by atoms with Crippen molar-refractivity contribution in [3.8, 4) is 0 Å². The van der Waals surface area contributed by atoms with Gasteiger partial charge in [-0.05, 0) is 31.8 Å².